The van der Waals surface area contributed by atoms with Gasteiger partial charge in [0, 0.05) is 13.0 Å². The molecule has 0 aliphatic carbocycles. The molecule has 0 saturated carbocycles. The van der Waals surface area contributed by atoms with Crippen molar-refractivity contribution in [1.82, 2.24) is 19.8 Å². The van der Waals surface area contributed by atoms with Crippen LogP contribution in [0.5, 0.6) is 0 Å². The first-order valence-electron chi connectivity index (χ1n) is 10.3. The molecule has 0 aromatic carbocycles. The number of thioether (sulfide) groups is 1. The molecule has 5 rings (SSSR count). The molecule has 33 heavy (non-hydrogen) atoms. The van der Waals surface area contributed by atoms with E-state index in [-0.39, 0.29) is 17.7 Å². The van der Waals surface area contributed by atoms with E-state index in [0.29, 0.717) is 41.2 Å². The number of aromatic nitrogens is 3. The Balaban J connectivity index is 1.37. The molecule has 0 N–H and O–H groups in total. The van der Waals surface area contributed by atoms with Crippen molar-refractivity contribution >= 4 is 23.4 Å². The van der Waals surface area contributed by atoms with Gasteiger partial charge < -0.3 is 13.3 Å². The van der Waals surface area contributed by atoms with Crippen molar-refractivity contribution in [1.29, 1.82) is 0 Å². The van der Waals surface area contributed by atoms with Crippen LogP contribution in [0.25, 0.3) is 11.4 Å². The summed E-state index contributed by atoms with van der Waals surface area (Å²) < 4.78 is 18.4. The second-order valence-corrected chi connectivity index (χ2v) is 8.32. The lowest BCUT2D eigenvalue weighted by atomic mass is 10.1. The van der Waals surface area contributed by atoms with E-state index in [9.17, 15) is 4.79 Å². The highest BCUT2D eigenvalue weighted by Gasteiger charge is 2.35. The Morgan fingerprint density at radius 3 is 2.73 bits per heavy atom. The maximum absolute atomic E-state index is 13.2. The minimum absolute atomic E-state index is 0.131. The fourth-order valence-corrected chi connectivity index (χ4v) is 4.53. The molecule has 10 heteroatoms. The van der Waals surface area contributed by atoms with E-state index in [1.807, 2.05) is 29.7 Å². The van der Waals surface area contributed by atoms with Crippen LogP contribution in [-0.2, 0) is 11.3 Å². The van der Waals surface area contributed by atoms with Crippen LogP contribution in [0.1, 0.15) is 29.7 Å². The van der Waals surface area contributed by atoms with Crippen LogP contribution in [0.2, 0.25) is 0 Å². The van der Waals surface area contributed by atoms with Crippen LogP contribution in [0.15, 0.2) is 85.3 Å². The average Bonchev–Trinajstić information content (AvgIpc) is 3.63. The largest absolute Gasteiger partial charge is 0.469 e. The molecule has 1 unspecified atom stereocenters. The molecule has 1 aliphatic rings. The molecule has 1 aliphatic heterocycles. The topological polar surface area (TPSA) is 103 Å². The zero-order valence-electron chi connectivity index (χ0n) is 17.9. The van der Waals surface area contributed by atoms with E-state index in [4.69, 9.17) is 13.3 Å². The molecule has 0 radical (unpaired) electrons. The first kappa shape index (κ1) is 21.1. The summed E-state index contributed by atoms with van der Waals surface area (Å²) in [5, 5.41) is 15.3. The van der Waals surface area contributed by atoms with Gasteiger partial charge in [0.15, 0.2) is 11.0 Å². The molecule has 0 fully saturated rings. The number of carbonyl (C=O) groups excluding carboxylic acids is 1. The summed E-state index contributed by atoms with van der Waals surface area (Å²) >= 11 is 1.30. The maximum Gasteiger partial charge on any atom is 0.253 e. The lowest BCUT2D eigenvalue weighted by molar-refractivity contribution is -0.130. The SMILES string of the molecule is C=CCn1c(SCC(=O)N2N=C(c3ccco3)CC2c2ccco2)nnc1-c1ccoc1C. The normalized spacial score (nSPS) is 15.7. The van der Waals surface area contributed by atoms with Gasteiger partial charge in [0.25, 0.3) is 5.91 Å². The summed E-state index contributed by atoms with van der Waals surface area (Å²) in [7, 11) is 0. The summed E-state index contributed by atoms with van der Waals surface area (Å²) in [4.78, 5) is 13.2. The third kappa shape index (κ3) is 4.05. The van der Waals surface area contributed by atoms with Gasteiger partial charge in [-0.25, -0.2) is 5.01 Å². The highest BCUT2D eigenvalue weighted by molar-refractivity contribution is 7.99. The van der Waals surface area contributed by atoms with Crippen LogP contribution in [0.3, 0.4) is 0 Å². The number of rotatable bonds is 8. The van der Waals surface area contributed by atoms with Gasteiger partial charge in [-0.05, 0) is 37.3 Å². The van der Waals surface area contributed by atoms with E-state index in [2.05, 4.69) is 21.9 Å². The van der Waals surface area contributed by atoms with Gasteiger partial charge in [0.05, 0.1) is 30.1 Å². The standard InChI is InChI=1S/C23H21N5O4S/c1-3-9-27-22(16-8-12-30-15(16)2)24-25-23(27)33-14-21(29)28-18(20-7-5-11-32-20)13-17(26-28)19-6-4-10-31-19/h3-8,10-12,18H,1,9,13-14H2,2H3. The Kier molecular flexibility index (Phi) is 5.74. The highest BCUT2D eigenvalue weighted by atomic mass is 32.2. The number of aryl methyl sites for hydroxylation is 1. The van der Waals surface area contributed by atoms with Crippen LogP contribution >= 0.6 is 11.8 Å². The predicted octanol–water partition coefficient (Wildman–Crippen LogP) is 4.69. The molecule has 0 bridgehead atoms. The molecular formula is C23H21N5O4S. The zero-order chi connectivity index (χ0) is 22.8. The number of amides is 1. The Hall–Kier alpha value is -3.79. The van der Waals surface area contributed by atoms with Gasteiger partial charge in [-0.3, -0.25) is 9.36 Å². The van der Waals surface area contributed by atoms with Gasteiger partial charge in [-0.15, -0.1) is 16.8 Å². The minimum Gasteiger partial charge on any atom is -0.469 e. The van der Waals surface area contributed by atoms with E-state index >= 15 is 0 Å². The van der Waals surface area contributed by atoms with Crippen molar-refractivity contribution in [3.63, 3.8) is 0 Å². The smallest absolute Gasteiger partial charge is 0.253 e. The average molecular weight is 464 g/mol. The number of hydrogen-bond acceptors (Lipinski definition) is 8. The van der Waals surface area contributed by atoms with Crippen molar-refractivity contribution in [2.24, 2.45) is 5.10 Å². The molecule has 1 amide bonds. The molecule has 5 heterocycles. The summed E-state index contributed by atoms with van der Waals surface area (Å²) in [5.74, 6) is 2.69. The molecule has 9 nitrogen and oxygen atoms in total. The molecule has 4 aromatic rings. The number of nitrogens with zero attached hydrogens (tertiary/aromatic N) is 5. The molecule has 168 valence electrons. The van der Waals surface area contributed by atoms with E-state index in [1.165, 1.54) is 16.8 Å². The first-order valence-corrected chi connectivity index (χ1v) is 11.3. The van der Waals surface area contributed by atoms with E-state index in [1.54, 1.807) is 37.0 Å². The summed E-state index contributed by atoms with van der Waals surface area (Å²) in [6.45, 7) is 6.20. The number of furan rings is 3. The van der Waals surface area contributed by atoms with Gasteiger partial charge in [0.1, 0.15) is 29.0 Å². The Labute approximate surface area is 193 Å². The van der Waals surface area contributed by atoms with Crippen molar-refractivity contribution in [3.8, 4) is 11.4 Å². The summed E-state index contributed by atoms with van der Waals surface area (Å²) in [6, 6.07) is 8.79. The molecular weight excluding hydrogens is 442 g/mol. The first-order chi connectivity index (χ1) is 16.2. The lowest BCUT2D eigenvalue weighted by Crippen LogP contribution is -2.28. The van der Waals surface area contributed by atoms with E-state index in [0.717, 1.165) is 11.3 Å². The number of hydrogen-bond donors (Lipinski definition) is 0. The molecule has 4 aromatic heterocycles. The Morgan fingerprint density at radius 1 is 1.18 bits per heavy atom. The highest BCUT2D eigenvalue weighted by Crippen LogP contribution is 2.34. The summed E-state index contributed by atoms with van der Waals surface area (Å²) in [6.07, 6.45) is 7.07. The van der Waals surface area contributed by atoms with Crippen LogP contribution in [0.4, 0.5) is 0 Å². The van der Waals surface area contributed by atoms with Gasteiger partial charge in [-0.2, -0.15) is 5.10 Å². The van der Waals surface area contributed by atoms with Crippen LogP contribution in [0, 0.1) is 6.92 Å². The predicted molar refractivity (Wildman–Crippen MR) is 122 cm³/mol. The fraction of sp³-hybridized carbons (Fsp3) is 0.217. The van der Waals surface area contributed by atoms with Crippen LogP contribution < -0.4 is 0 Å². The monoisotopic (exact) mass is 463 g/mol. The Bertz CT molecular complexity index is 1290. The third-order valence-corrected chi connectivity index (χ3v) is 6.25. The number of allylic oxidation sites excluding steroid dienone is 1. The van der Waals surface area contributed by atoms with Crippen molar-refractivity contribution < 1.29 is 18.0 Å². The van der Waals surface area contributed by atoms with Crippen LogP contribution in [-0.4, -0.2) is 37.1 Å². The quantitative estimate of drug-likeness (QED) is 0.276. The molecule has 0 saturated heterocycles. The molecule has 0 spiro atoms. The van der Waals surface area contributed by atoms with Gasteiger partial charge in [0.2, 0.25) is 0 Å². The fourth-order valence-electron chi connectivity index (χ4n) is 3.73. The number of hydrazone groups is 1. The number of carbonyl (C=O) groups is 1. The van der Waals surface area contributed by atoms with E-state index < -0.39 is 0 Å². The van der Waals surface area contributed by atoms with Crippen molar-refractivity contribution in [2.45, 2.75) is 31.1 Å². The van der Waals surface area contributed by atoms with Crippen molar-refractivity contribution in [3.05, 3.63) is 79.1 Å². The van der Waals surface area contributed by atoms with Gasteiger partial charge >= 0.3 is 0 Å². The Morgan fingerprint density at radius 2 is 2.03 bits per heavy atom. The maximum atomic E-state index is 13.2. The third-order valence-electron chi connectivity index (χ3n) is 5.30. The second-order valence-electron chi connectivity index (χ2n) is 7.38. The minimum atomic E-state index is -0.330. The zero-order valence-corrected chi connectivity index (χ0v) is 18.7. The lowest BCUT2D eigenvalue weighted by Gasteiger charge is -2.19. The van der Waals surface area contributed by atoms with Gasteiger partial charge in [-0.1, -0.05) is 17.8 Å². The summed E-state index contributed by atoms with van der Waals surface area (Å²) in [5.41, 5.74) is 1.56. The molecule has 1 atom stereocenters. The van der Waals surface area contributed by atoms with Crippen molar-refractivity contribution in [2.75, 3.05) is 5.75 Å². The second kappa shape index (κ2) is 8.99.